The van der Waals surface area contributed by atoms with Crippen LogP contribution in [0, 0.1) is 6.92 Å². The number of hydrogen-bond acceptors (Lipinski definition) is 4. The molecule has 1 atom stereocenters. The molecule has 1 aliphatic heterocycles. The molecule has 5 heteroatoms. The summed E-state index contributed by atoms with van der Waals surface area (Å²) in [5.41, 5.74) is 4.50. The third kappa shape index (κ3) is 2.05. The van der Waals surface area contributed by atoms with Crippen LogP contribution in [0.3, 0.4) is 0 Å². The predicted octanol–water partition coefficient (Wildman–Crippen LogP) is 2.66. The van der Waals surface area contributed by atoms with E-state index in [0.717, 1.165) is 36.5 Å². The molecular weight excluding hydrogens is 262 g/mol. The number of nitrogens with one attached hydrogen (secondary N) is 1. The number of rotatable bonds is 2. The summed E-state index contributed by atoms with van der Waals surface area (Å²) in [5, 5.41) is 0. The summed E-state index contributed by atoms with van der Waals surface area (Å²) < 4.78 is 0. The summed E-state index contributed by atoms with van der Waals surface area (Å²) >= 11 is 0. The maximum absolute atomic E-state index is 4.46. The van der Waals surface area contributed by atoms with Crippen LogP contribution in [0.15, 0.2) is 36.9 Å². The number of anilines is 1. The van der Waals surface area contributed by atoms with Crippen LogP contribution >= 0.6 is 0 Å². The first-order valence-corrected chi connectivity index (χ1v) is 7.27. The minimum absolute atomic E-state index is 0.569. The zero-order chi connectivity index (χ0) is 14.2. The SMILES string of the molecule is Cc1ccccc1[C@H]1CCN(c2ncnc3nc[nH]c23)C1. The average molecular weight is 279 g/mol. The Bertz CT molecular complexity index is 779. The van der Waals surface area contributed by atoms with Crippen molar-refractivity contribution in [2.24, 2.45) is 0 Å². The largest absolute Gasteiger partial charge is 0.354 e. The van der Waals surface area contributed by atoms with Gasteiger partial charge in [-0.2, -0.15) is 0 Å². The van der Waals surface area contributed by atoms with Crippen molar-refractivity contribution in [2.75, 3.05) is 18.0 Å². The lowest BCUT2D eigenvalue weighted by atomic mass is 9.94. The Balaban J connectivity index is 1.65. The third-order valence-electron chi connectivity index (χ3n) is 4.32. The molecule has 1 N–H and O–H groups in total. The lowest BCUT2D eigenvalue weighted by Gasteiger charge is -2.18. The maximum atomic E-state index is 4.46. The Morgan fingerprint density at radius 3 is 3.00 bits per heavy atom. The van der Waals surface area contributed by atoms with Gasteiger partial charge in [0.1, 0.15) is 11.8 Å². The standard InChI is InChI=1S/C16H17N5/c1-11-4-2-3-5-13(11)12-6-7-21(8-12)16-14-15(18-9-17-14)19-10-20-16/h2-5,9-10,12H,6-8H2,1H3,(H,17,18,19,20)/t12-/m0/s1. The van der Waals surface area contributed by atoms with E-state index >= 15 is 0 Å². The molecule has 1 aromatic carbocycles. The second kappa shape index (κ2) is 4.84. The first-order valence-electron chi connectivity index (χ1n) is 7.27. The topological polar surface area (TPSA) is 57.7 Å². The number of hydrogen-bond donors (Lipinski definition) is 1. The zero-order valence-corrected chi connectivity index (χ0v) is 12.0. The molecule has 1 aliphatic rings. The Labute approximate surface area is 123 Å². The molecule has 1 saturated heterocycles. The van der Waals surface area contributed by atoms with Crippen LogP contribution < -0.4 is 4.90 Å². The van der Waals surface area contributed by atoms with Crippen LogP contribution in [0.5, 0.6) is 0 Å². The average Bonchev–Trinajstić information content (AvgIpc) is 3.16. The van der Waals surface area contributed by atoms with Gasteiger partial charge in [-0.05, 0) is 24.5 Å². The van der Waals surface area contributed by atoms with Crippen molar-refractivity contribution in [3.63, 3.8) is 0 Å². The number of nitrogens with zero attached hydrogens (tertiary/aromatic N) is 4. The highest BCUT2D eigenvalue weighted by Gasteiger charge is 2.27. The third-order valence-corrected chi connectivity index (χ3v) is 4.32. The van der Waals surface area contributed by atoms with E-state index in [2.05, 4.69) is 56.0 Å². The van der Waals surface area contributed by atoms with E-state index in [-0.39, 0.29) is 0 Å². The van der Waals surface area contributed by atoms with Crippen LogP contribution in [0.25, 0.3) is 11.2 Å². The minimum Gasteiger partial charge on any atom is -0.354 e. The van der Waals surface area contributed by atoms with Crippen molar-refractivity contribution in [3.8, 4) is 0 Å². The molecule has 4 rings (SSSR count). The molecule has 0 unspecified atom stereocenters. The predicted molar refractivity (Wildman–Crippen MR) is 82.4 cm³/mol. The highest BCUT2D eigenvalue weighted by molar-refractivity contribution is 5.82. The monoisotopic (exact) mass is 279 g/mol. The fourth-order valence-corrected chi connectivity index (χ4v) is 3.24. The van der Waals surface area contributed by atoms with Gasteiger partial charge >= 0.3 is 0 Å². The Kier molecular flexibility index (Phi) is 2.84. The summed E-state index contributed by atoms with van der Waals surface area (Å²) in [6.45, 7) is 4.20. The molecule has 0 saturated carbocycles. The Morgan fingerprint density at radius 2 is 2.10 bits per heavy atom. The minimum atomic E-state index is 0.569. The molecule has 106 valence electrons. The first kappa shape index (κ1) is 12.3. The lowest BCUT2D eigenvalue weighted by Crippen LogP contribution is -2.21. The van der Waals surface area contributed by atoms with Gasteiger partial charge in [0.15, 0.2) is 11.5 Å². The van der Waals surface area contributed by atoms with Crippen molar-refractivity contribution < 1.29 is 0 Å². The second-order valence-electron chi connectivity index (χ2n) is 5.59. The molecule has 0 spiro atoms. The summed E-state index contributed by atoms with van der Waals surface area (Å²) in [5.74, 6) is 1.53. The number of aryl methyl sites for hydroxylation is 1. The molecule has 21 heavy (non-hydrogen) atoms. The molecule has 0 aliphatic carbocycles. The van der Waals surface area contributed by atoms with Crippen LogP contribution in [0.2, 0.25) is 0 Å². The van der Waals surface area contributed by atoms with E-state index in [1.165, 1.54) is 11.1 Å². The van der Waals surface area contributed by atoms with Gasteiger partial charge in [-0.1, -0.05) is 24.3 Å². The van der Waals surface area contributed by atoms with Gasteiger partial charge in [0, 0.05) is 19.0 Å². The number of benzene rings is 1. The van der Waals surface area contributed by atoms with E-state index < -0.39 is 0 Å². The molecule has 2 aromatic heterocycles. The molecule has 1 fully saturated rings. The molecular formula is C16H17N5. The van der Waals surface area contributed by atoms with Crippen molar-refractivity contribution in [1.29, 1.82) is 0 Å². The summed E-state index contributed by atoms with van der Waals surface area (Å²) in [6, 6.07) is 8.66. The van der Waals surface area contributed by atoms with E-state index in [1.807, 2.05) is 0 Å². The number of H-pyrrole nitrogens is 1. The maximum Gasteiger partial charge on any atom is 0.182 e. The molecule has 3 aromatic rings. The van der Waals surface area contributed by atoms with Gasteiger partial charge in [-0.3, -0.25) is 0 Å². The smallest absolute Gasteiger partial charge is 0.182 e. The fourth-order valence-electron chi connectivity index (χ4n) is 3.24. The molecule has 0 bridgehead atoms. The fraction of sp³-hybridized carbons (Fsp3) is 0.312. The first-order chi connectivity index (χ1) is 10.3. The molecule has 3 heterocycles. The van der Waals surface area contributed by atoms with Gasteiger partial charge in [-0.15, -0.1) is 0 Å². The molecule has 5 nitrogen and oxygen atoms in total. The highest BCUT2D eigenvalue weighted by Crippen LogP contribution is 2.33. The number of imidazole rings is 1. The van der Waals surface area contributed by atoms with Gasteiger partial charge in [-0.25, -0.2) is 15.0 Å². The normalized spacial score (nSPS) is 18.5. The Hall–Kier alpha value is -2.43. The van der Waals surface area contributed by atoms with E-state index in [4.69, 9.17) is 0 Å². The van der Waals surface area contributed by atoms with Crippen LogP contribution in [-0.4, -0.2) is 33.0 Å². The van der Waals surface area contributed by atoms with Crippen molar-refractivity contribution in [3.05, 3.63) is 48.0 Å². The Morgan fingerprint density at radius 1 is 1.19 bits per heavy atom. The van der Waals surface area contributed by atoms with Crippen LogP contribution in [-0.2, 0) is 0 Å². The van der Waals surface area contributed by atoms with Crippen molar-refractivity contribution in [1.82, 2.24) is 19.9 Å². The summed E-state index contributed by atoms with van der Waals surface area (Å²) in [6.07, 6.45) is 4.43. The molecule has 0 amide bonds. The van der Waals surface area contributed by atoms with Gasteiger partial charge < -0.3 is 9.88 Å². The number of aromatic amines is 1. The van der Waals surface area contributed by atoms with E-state index in [9.17, 15) is 0 Å². The molecule has 0 radical (unpaired) electrons. The van der Waals surface area contributed by atoms with Crippen molar-refractivity contribution in [2.45, 2.75) is 19.3 Å². The highest BCUT2D eigenvalue weighted by atomic mass is 15.2. The van der Waals surface area contributed by atoms with Crippen molar-refractivity contribution >= 4 is 17.0 Å². The quantitative estimate of drug-likeness (QED) is 0.783. The van der Waals surface area contributed by atoms with E-state index in [1.54, 1.807) is 12.7 Å². The number of fused-ring (bicyclic) bond motifs is 1. The van der Waals surface area contributed by atoms with Gasteiger partial charge in [0.2, 0.25) is 0 Å². The van der Waals surface area contributed by atoms with Crippen LogP contribution in [0.1, 0.15) is 23.5 Å². The second-order valence-corrected chi connectivity index (χ2v) is 5.59. The number of aromatic nitrogens is 4. The van der Waals surface area contributed by atoms with E-state index in [0.29, 0.717) is 5.92 Å². The van der Waals surface area contributed by atoms with Crippen LogP contribution in [0.4, 0.5) is 5.82 Å². The van der Waals surface area contributed by atoms with Gasteiger partial charge in [0.25, 0.3) is 0 Å². The summed E-state index contributed by atoms with van der Waals surface area (Å²) in [4.78, 5) is 18.3. The van der Waals surface area contributed by atoms with Gasteiger partial charge in [0.05, 0.1) is 6.33 Å². The zero-order valence-electron chi connectivity index (χ0n) is 12.0. The summed E-state index contributed by atoms with van der Waals surface area (Å²) in [7, 11) is 0. The lowest BCUT2D eigenvalue weighted by molar-refractivity contribution is 0.768.